The Balaban J connectivity index is 2.05. The minimum atomic E-state index is 0.0794. The van der Waals surface area contributed by atoms with Crippen LogP contribution in [-0.2, 0) is 0 Å². The highest BCUT2D eigenvalue weighted by atomic mass is 35.5. The van der Waals surface area contributed by atoms with Crippen molar-refractivity contribution in [1.29, 1.82) is 0 Å². The maximum atomic E-state index is 9.81. The first-order valence-corrected chi connectivity index (χ1v) is 6.53. The van der Waals surface area contributed by atoms with Gasteiger partial charge in [0, 0.05) is 5.02 Å². The van der Waals surface area contributed by atoms with Gasteiger partial charge in [-0.3, -0.25) is 0 Å². The Kier molecular flexibility index (Phi) is 3.50. The predicted molar refractivity (Wildman–Crippen MR) is 78.4 cm³/mol. The van der Waals surface area contributed by atoms with Gasteiger partial charge in [0.15, 0.2) is 0 Å². The van der Waals surface area contributed by atoms with Crippen LogP contribution in [0.15, 0.2) is 47.0 Å². The van der Waals surface area contributed by atoms with E-state index in [9.17, 15) is 5.11 Å². The van der Waals surface area contributed by atoms with Crippen LogP contribution in [0.25, 0.3) is 22.8 Å². The van der Waals surface area contributed by atoms with Gasteiger partial charge in [-0.2, -0.15) is 4.98 Å². The molecule has 0 spiro atoms. The predicted octanol–water partition coefficient (Wildman–Crippen LogP) is 3.77. The first-order chi connectivity index (χ1) is 10.2. The second kappa shape index (κ2) is 5.46. The molecule has 0 fully saturated rings. The molecule has 0 aliphatic rings. The molecule has 0 saturated heterocycles. The van der Waals surface area contributed by atoms with Gasteiger partial charge in [-0.25, -0.2) is 0 Å². The van der Waals surface area contributed by atoms with Gasteiger partial charge in [-0.05, 0) is 30.3 Å². The molecule has 0 atom stereocenters. The summed E-state index contributed by atoms with van der Waals surface area (Å²) in [5.41, 5.74) is 1.14. The Hall–Kier alpha value is -2.53. The van der Waals surface area contributed by atoms with E-state index >= 15 is 0 Å². The van der Waals surface area contributed by atoms with Gasteiger partial charge in [0.05, 0.1) is 18.2 Å². The lowest BCUT2D eigenvalue weighted by molar-refractivity contribution is 0.413. The van der Waals surface area contributed by atoms with Crippen molar-refractivity contribution in [2.75, 3.05) is 7.11 Å². The zero-order valence-corrected chi connectivity index (χ0v) is 11.8. The first kappa shape index (κ1) is 13.5. The number of halogens is 1. The molecule has 0 bridgehead atoms. The van der Waals surface area contributed by atoms with Crippen LogP contribution in [-0.4, -0.2) is 22.4 Å². The normalized spacial score (nSPS) is 10.6. The maximum Gasteiger partial charge on any atom is 0.262 e. The second-order valence-corrected chi connectivity index (χ2v) is 4.72. The third-order valence-corrected chi connectivity index (χ3v) is 3.20. The number of aromatic nitrogens is 2. The quantitative estimate of drug-likeness (QED) is 0.797. The van der Waals surface area contributed by atoms with Crippen LogP contribution < -0.4 is 4.74 Å². The van der Waals surface area contributed by atoms with E-state index < -0.39 is 0 Å². The molecule has 0 amide bonds. The van der Waals surface area contributed by atoms with Gasteiger partial charge in [0.2, 0.25) is 5.82 Å². The summed E-state index contributed by atoms with van der Waals surface area (Å²) in [6.45, 7) is 0. The number of para-hydroxylation sites is 1. The van der Waals surface area contributed by atoms with E-state index in [1.165, 1.54) is 0 Å². The zero-order valence-electron chi connectivity index (χ0n) is 11.1. The summed E-state index contributed by atoms with van der Waals surface area (Å²) < 4.78 is 10.5. The van der Waals surface area contributed by atoms with Crippen molar-refractivity contribution < 1.29 is 14.4 Å². The average molecular weight is 303 g/mol. The highest BCUT2D eigenvalue weighted by Gasteiger charge is 2.16. The zero-order chi connectivity index (χ0) is 14.8. The summed E-state index contributed by atoms with van der Waals surface area (Å²) in [6, 6.07) is 11.9. The van der Waals surface area contributed by atoms with Gasteiger partial charge >= 0.3 is 0 Å². The molecule has 5 nitrogen and oxygen atoms in total. The Bertz CT molecular complexity index is 786. The number of rotatable bonds is 3. The van der Waals surface area contributed by atoms with Crippen LogP contribution in [0, 0.1) is 0 Å². The highest BCUT2D eigenvalue weighted by molar-refractivity contribution is 6.30. The van der Waals surface area contributed by atoms with E-state index in [-0.39, 0.29) is 11.6 Å². The summed E-state index contributed by atoms with van der Waals surface area (Å²) in [7, 11) is 1.54. The van der Waals surface area contributed by atoms with Crippen LogP contribution in [0.1, 0.15) is 0 Å². The van der Waals surface area contributed by atoms with E-state index in [2.05, 4.69) is 10.1 Å². The smallest absolute Gasteiger partial charge is 0.262 e. The van der Waals surface area contributed by atoms with Crippen LogP contribution in [0.2, 0.25) is 5.02 Å². The standard InChI is InChI=1S/C15H11ClN2O3/c1-20-13-8-9(16)6-7-11(13)14-17-15(21-18-14)10-4-2-3-5-12(10)19/h2-8,19H,1H3. The van der Waals surface area contributed by atoms with E-state index in [4.69, 9.17) is 20.9 Å². The third kappa shape index (κ3) is 2.55. The van der Waals surface area contributed by atoms with Crippen LogP contribution in [0.4, 0.5) is 0 Å². The number of ether oxygens (including phenoxy) is 1. The third-order valence-electron chi connectivity index (χ3n) is 2.96. The van der Waals surface area contributed by atoms with E-state index in [1.54, 1.807) is 49.6 Å². The molecule has 0 aliphatic heterocycles. The molecular weight excluding hydrogens is 292 g/mol. The van der Waals surface area contributed by atoms with Crippen LogP contribution >= 0.6 is 11.6 Å². The fourth-order valence-electron chi connectivity index (χ4n) is 1.95. The van der Waals surface area contributed by atoms with E-state index in [1.807, 2.05) is 0 Å². The van der Waals surface area contributed by atoms with Gasteiger partial charge in [0.25, 0.3) is 5.89 Å². The molecule has 6 heteroatoms. The fourth-order valence-corrected chi connectivity index (χ4v) is 2.11. The molecule has 1 aromatic heterocycles. The minimum absolute atomic E-state index is 0.0794. The van der Waals surface area contributed by atoms with E-state index in [0.717, 1.165) is 0 Å². The topological polar surface area (TPSA) is 68.4 Å². The Labute approximate surface area is 125 Å². The summed E-state index contributed by atoms with van der Waals surface area (Å²) in [6.07, 6.45) is 0. The summed E-state index contributed by atoms with van der Waals surface area (Å²) in [5, 5.41) is 14.3. The lowest BCUT2D eigenvalue weighted by atomic mass is 10.2. The van der Waals surface area contributed by atoms with Crippen molar-refractivity contribution in [3.05, 3.63) is 47.5 Å². The summed E-state index contributed by atoms with van der Waals surface area (Å²) in [5.74, 6) is 1.23. The molecule has 3 rings (SSSR count). The lowest BCUT2D eigenvalue weighted by Crippen LogP contribution is -1.89. The molecule has 1 N–H and O–H groups in total. The highest BCUT2D eigenvalue weighted by Crippen LogP contribution is 2.33. The van der Waals surface area contributed by atoms with Crippen molar-refractivity contribution in [2.45, 2.75) is 0 Å². The van der Waals surface area contributed by atoms with Gasteiger partial charge < -0.3 is 14.4 Å². The molecule has 0 unspecified atom stereocenters. The molecule has 106 valence electrons. The SMILES string of the molecule is COc1cc(Cl)ccc1-c1noc(-c2ccccc2O)n1. The number of hydrogen-bond donors (Lipinski definition) is 1. The molecule has 0 aliphatic carbocycles. The van der Waals surface area contributed by atoms with Crippen molar-refractivity contribution >= 4 is 11.6 Å². The minimum Gasteiger partial charge on any atom is -0.507 e. The van der Waals surface area contributed by atoms with Gasteiger partial charge in [-0.15, -0.1) is 0 Å². The molecule has 0 radical (unpaired) electrons. The van der Waals surface area contributed by atoms with Crippen LogP contribution in [0.3, 0.4) is 0 Å². The largest absolute Gasteiger partial charge is 0.507 e. The fraction of sp³-hybridized carbons (Fsp3) is 0.0667. The molecule has 1 heterocycles. The number of methoxy groups -OCH3 is 1. The second-order valence-electron chi connectivity index (χ2n) is 4.28. The molecule has 0 saturated carbocycles. The maximum absolute atomic E-state index is 9.81. The van der Waals surface area contributed by atoms with Gasteiger partial charge in [-0.1, -0.05) is 28.9 Å². The van der Waals surface area contributed by atoms with Crippen LogP contribution in [0.5, 0.6) is 11.5 Å². The van der Waals surface area contributed by atoms with Crippen molar-refractivity contribution in [3.63, 3.8) is 0 Å². The number of phenols is 1. The number of nitrogens with zero attached hydrogens (tertiary/aromatic N) is 2. The van der Waals surface area contributed by atoms with Crippen molar-refractivity contribution in [2.24, 2.45) is 0 Å². The Morgan fingerprint density at radius 2 is 1.95 bits per heavy atom. The monoisotopic (exact) mass is 302 g/mol. The summed E-state index contributed by atoms with van der Waals surface area (Å²) >= 11 is 5.93. The van der Waals surface area contributed by atoms with Crippen molar-refractivity contribution in [3.8, 4) is 34.3 Å². The number of benzene rings is 2. The molecule has 3 aromatic rings. The van der Waals surface area contributed by atoms with Crippen molar-refractivity contribution in [1.82, 2.24) is 10.1 Å². The average Bonchev–Trinajstić information content (AvgIpc) is 2.97. The summed E-state index contributed by atoms with van der Waals surface area (Å²) in [4.78, 5) is 4.29. The Morgan fingerprint density at radius 3 is 2.71 bits per heavy atom. The molecular formula is C15H11ClN2O3. The number of hydrogen-bond acceptors (Lipinski definition) is 5. The Morgan fingerprint density at radius 1 is 1.14 bits per heavy atom. The molecule has 2 aromatic carbocycles. The lowest BCUT2D eigenvalue weighted by Gasteiger charge is -2.04. The molecule has 21 heavy (non-hydrogen) atoms. The first-order valence-electron chi connectivity index (χ1n) is 6.15. The van der Waals surface area contributed by atoms with Gasteiger partial charge in [0.1, 0.15) is 11.5 Å². The number of phenolic OH excluding ortho intramolecular Hbond substituents is 1. The number of aromatic hydroxyl groups is 1. The van der Waals surface area contributed by atoms with E-state index in [0.29, 0.717) is 27.7 Å².